The summed E-state index contributed by atoms with van der Waals surface area (Å²) in [7, 11) is -3.86. The lowest BCUT2D eigenvalue weighted by atomic mass is 10.1. The topological polar surface area (TPSA) is 97.5 Å². The van der Waals surface area contributed by atoms with Crippen LogP contribution in [0, 0.1) is 0 Å². The smallest absolute Gasteiger partial charge is 0.335 e. The van der Waals surface area contributed by atoms with Crippen molar-refractivity contribution in [2.75, 3.05) is 0 Å². The van der Waals surface area contributed by atoms with Gasteiger partial charge in [0.2, 0.25) is 10.0 Å². The fourth-order valence-electron chi connectivity index (χ4n) is 1.24. The standard InChI is InChI=1S/C9H11NO4S/c1-2-6-3-4-7(9(11)12)5-8(6)15(10,13)14/h3-5H,2H2,1H3,(H,11,12)(H2,10,13,14). The highest BCUT2D eigenvalue weighted by Crippen LogP contribution is 2.17. The SMILES string of the molecule is CCc1ccc(C(=O)O)cc1S(N)(=O)=O. The van der Waals surface area contributed by atoms with Crippen molar-refractivity contribution in [2.24, 2.45) is 5.14 Å². The van der Waals surface area contributed by atoms with Crippen molar-refractivity contribution in [2.45, 2.75) is 18.2 Å². The average molecular weight is 229 g/mol. The molecular weight excluding hydrogens is 218 g/mol. The highest BCUT2D eigenvalue weighted by molar-refractivity contribution is 7.89. The molecule has 0 fully saturated rings. The van der Waals surface area contributed by atoms with Crippen LogP contribution in [0.2, 0.25) is 0 Å². The third-order valence-corrected chi connectivity index (χ3v) is 2.99. The van der Waals surface area contributed by atoms with Crippen LogP contribution in [0.1, 0.15) is 22.8 Å². The lowest BCUT2D eigenvalue weighted by Gasteiger charge is -2.06. The lowest BCUT2D eigenvalue weighted by molar-refractivity contribution is 0.0696. The Morgan fingerprint density at radius 3 is 2.47 bits per heavy atom. The van der Waals surface area contributed by atoms with Gasteiger partial charge in [0, 0.05) is 0 Å². The maximum absolute atomic E-state index is 11.2. The van der Waals surface area contributed by atoms with Crippen molar-refractivity contribution >= 4 is 16.0 Å². The molecule has 82 valence electrons. The Bertz CT molecular complexity index is 493. The van der Waals surface area contributed by atoms with Gasteiger partial charge in [-0.1, -0.05) is 13.0 Å². The monoisotopic (exact) mass is 229 g/mol. The van der Waals surface area contributed by atoms with Gasteiger partial charge in [-0.15, -0.1) is 0 Å². The minimum absolute atomic E-state index is 0.0868. The van der Waals surface area contributed by atoms with Crippen LogP contribution in [0.25, 0.3) is 0 Å². The number of aryl methyl sites for hydroxylation is 1. The number of carbonyl (C=O) groups is 1. The largest absolute Gasteiger partial charge is 0.478 e. The molecule has 1 aromatic carbocycles. The van der Waals surface area contributed by atoms with Gasteiger partial charge in [-0.25, -0.2) is 18.4 Å². The van der Waals surface area contributed by atoms with Gasteiger partial charge in [0.15, 0.2) is 0 Å². The van der Waals surface area contributed by atoms with Gasteiger partial charge in [0.05, 0.1) is 10.5 Å². The molecule has 15 heavy (non-hydrogen) atoms. The maximum atomic E-state index is 11.2. The predicted molar refractivity (Wildman–Crippen MR) is 54.2 cm³/mol. The highest BCUT2D eigenvalue weighted by atomic mass is 32.2. The van der Waals surface area contributed by atoms with Crippen molar-refractivity contribution in [1.29, 1.82) is 0 Å². The normalized spacial score (nSPS) is 11.3. The van der Waals surface area contributed by atoms with Crippen LogP contribution in [0.3, 0.4) is 0 Å². The molecule has 0 unspecified atom stereocenters. The van der Waals surface area contributed by atoms with E-state index in [9.17, 15) is 13.2 Å². The molecule has 0 radical (unpaired) electrons. The van der Waals surface area contributed by atoms with Crippen molar-refractivity contribution in [3.8, 4) is 0 Å². The van der Waals surface area contributed by atoms with E-state index < -0.39 is 16.0 Å². The van der Waals surface area contributed by atoms with Gasteiger partial charge in [-0.05, 0) is 24.1 Å². The minimum atomic E-state index is -3.86. The van der Waals surface area contributed by atoms with Gasteiger partial charge in [0.25, 0.3) is 0 Å². The number of carboxylic acid groups (broad SMARTS) is 1. The van der Waals surface area contributed by atoms with Gasteiger partial charge < -0.3 is 5.11 Å². The summed E-state index contributed by atoms with van der Waals surface area (Å²) in [6.45, 7) is 1.77. The zero-order valence-corrected chi connectivity index (χ0v) is 8.91. The van der Waals surface area contributed by atoms with Crippen molar-refractivity contribution < 1.29 is 18.3 Å². The Labute approximate surface area is 87.6 Å². The highest BCUT2D eigenvalue weighted by Gasteiger charge is 2.15. The third-order valence-electron chi connectivity index (χ3n) is 2.00. The number of nitrogens with two attached hydrogens (primary N) is 1. The van der Waals surface area contributed by atoms with Crippen LogP contribution in [0.15, 0.2) is 23.1 Å². The van der Waals surface area contributed by atoms with E-state index in [0.29, 0.717) is 12.0 Å². The number of carboxylic acids is 1. The van der Waals surface area contributed by atoms with E-state index in [2.05, 4.69) is 0 Å². The molecule has 0 aliphatic heterocycles. The summed E-state index contributed by atoms with van der Waals surface area (Å²) in [5.41, 5.74) is 0.429. The van der Waals surface area contributed by atoms with Gasteiger partial charge in [-0.3, -0.25) is 0 Å². The Morgan fingerprint density at radius 1 is 1.47 bits per heavy atom. The number of primary sulfonamides is 1. The first-order valence-corrected chi connectivity index (χ1v) is 5.80. The van der Waals surface area contributed by atoms with Crippen molar-refractivity contribution in [3.63, 3.8) is 0 Å². The van der Waals surface area contributed by atoms with Crippen LogP contribution >= 0.6 is 0 Å². The number of aromatic carboxylic acids is 1. The van der Waals surface area contributed by atoms with Crippen molar-refractivity contribution in [3.05, 3.63) is 29.3 Å². The summed E-state index contributed by atoms with van der Waals surface area (Å²) >= 11 is 0. The molecule has 0 heterocycles. The van der Waals surface area contributed by atoms with E-state index in [1.54, 1.807) is 6.92 Å². The van der Waals surface area contributed by atoms with Gasteiger partial charge in [-0.2, -0.15) is 0 Å². The Hall–Kier alpha value is -1.40. The predicted octanol–water partition coefficient (Wildman–Crippen LogP) is 0.595. The number of sulfonamides is 1. The molecule has 0 atom stereocenters. The van der Waals surface area contributed by atoms with Crippen LogP contribution < -0.4 is 5.14 Å². The third kappa shape index (κ3) is 2.54. The summed E-state index contributed by atoms with van der Waals surface area (Å²) in [4.78, 5) is 10.5. The minimum Gasteiger partial charge on any atom is -0.478 e. The van der Waals surface area contributed by atoms with Crippen LogP contribution in [0.4, 0.5) is 0 Å². The molecule has 0 aromatic heterocycles. The molecular formula is C9H11NO4S. The van der Waals surface area contributed by atoms with Gasteiger partial charge in [0.1, 0.15) is 0 Å². The van der Waals surface area contributed by atoms with Crippen molar-refractivity contribution in [1.82, 2.24) is 0 Å². The zero-order valence-electron chi connectivity index (χ0n) is 8.10. The summed E-state index contributed by atoms with van der Waals surface area (Å²) in [6, 6.07) is 3.90. The molecule has 0 spiro atoms. The summed E-state index contributed by atoms with van der Waals surface area (Å²) < 4.78 is 22.3. The van der Waals surface area contributed by atoms with E-state index in [1.165, 1.54) is 12.1 Å². The molecule has 0 aliphatic rings. The first-order valence-electron chi connectivity index (χ1n) is 4.25. The van der Waals surface area contributed by atoms with E-state index >= 15 is 0 Å². The van der Waals surface area contributed by atoms with Crippen LogP contribution in [-0.4, -0.2) is 19.5 Å². The first-order chi connectivity index (χ1) is 6.86. The summed E-state index contributed by atoms with van der Waals surface area (Å²) in [5.74, 6) is -1.18. The lowest BCUT2D eigenvalue weighted by Crippen LogP contribution is -2.15. The fourth-order valence-corrected chi connectivity index (χ4v) is 2.11. The summed E-state index contributed by atoms with van der Waals surface area (Å²) in [5, 5.41) is 13.7. The number of hydrogen-bond donors (Lipinski definition) is 2. The fraction of sp³-hybridized carbons (Fsp3) is 0.222. The summed E-state index contributed by atoms with van der Waals surface area (Å²) in [6.07, 6.45) is 0.478. The van der Waals surface area contributed by atoms with Crippen LogP contribution in [0.5, 0.6) is 0 Å². The second-order valence-corrected chi connectivity index (χ2v) is 4.56. The molecule has 1 aromatic rings. The molecule has 3 N–H and O–H groups in total. The Morgan fingerprint density at radius 2 is 2.07 bits per heavy atom. The number of hydrogen-bond acceptors (Lipinski definition) is 3. The molecule has 0 amide bonds. The molecule has 0 saturated heterocycles. The Kier molecular flexibility index (Phi) is 3.11. The number of benzene rings is 1. The van der Waals surface area contributed by atoms with E-state index in [4.69, 9.17) is 10.2 Å². The molecule has 0 saturated carbocycles. The number of rotatable bonds is 3. The second kappa shape index (κ2) is 4.00. The van der Waals surface area contributed by atoms with E-state index in [-0.39, 0.29) is 10.5 Å². The average Bonchev–Trinajstić information content (AvgIpc) is 2.15. The molecule has 6 heteroatoms. The molecule has 5 nitrogen and oxygen atoms in total. The molecule has 0 aliphatic carbocycles. The molecule has 0 bridgehead atoms. The maximum Gasteiger partial charge on any atom is 0.335 e. The van der Waals surface area contributed by atoms with Gasteiger partial charge >= 0.3 is 5.97 Å². The first kappa shape index (κ1) is 11.7. The Balaban J connectivity index is 3.46. The zero-order chi connectivity index (χ0) is 11.6. The van der Waals surface area contributed by atoms with Crippen LogP contribution in [-0.2, 0) is 16.4 Å². The second-order valence-electron chi connectivity index (χ2n) is 3.03. The molecule has 1 rings (SSSR count). The van der Waals surface area contributed by atoms with E-state index in [0.717, 1.165) is 6.07 Å². The van der Waals surface area contributed by atoms with E-state index in [1.807, 2.05) is 0 Å². The quantitative estimate of drug-likeness (QED) is 0.792.